The Hall–Kier alpha value is -2.09. The molecule has 0 aromatic carbocycles. The van der Waals surface area contributed by atoms with Crippen LogP contribution in [0.15, 0.2) is 27.1 Å². The third-order valence-corrected chi connectivity index (χ3v) is 3.98. The number of H-pyrrole nitrogens is 1. The Morgan fingerprint density at radius 3 is 2.85 bits per heavy atom. The molecule has 3 rings (SSSR count). The molecule has 2 N–H and O–H groups in total. The minimum atomic E-state index is -0.999. The van der Waals surface area contributed by atoms with Gasteiger partial charge in [-0.2, -0.15) is 0 Å². The quantitative estimate of drug-likeness (QED) is 0.884. The van der Waals surface area contributed by atoms with Crippen molar-refractivity contribution < 1.29 is 9.90 Å². The molecule has 7 nitrogen and oxygen atoms in total. The topological polar surface area (TPSA) is 101 Å². The summed E-state index contributed by atoms with van der Waals surface area (Å²) < 4.78 is 1.63. The van der Waals surface area contributed by atoms with E-state index in [1.165, 1.54) is 17.8 Å². The van der Waals surface area contributed by atoms with Crippen molar-refractivity contribution in [2.75, 3.05) is 0 Å². The Morgan fingerprint density at radius 1 is 1.50 bits per heavy atom. The zero-order chi connectivity index (χ0) is 14.3. The first kappa shape index (κ1) is 12.9. The molecule has 1 saturated carbocycles. The zero-order valence-electron chi connectivity index (χ0n) is 10.7. The van der Waals surface area contributed by atoms with E-state index < -0.39 is 5.97 Å². The summed E-state index contributed by atoms with van der Waals surface area (Å²) in [6.07, 6.45) is 1.97. The van der Waals surface area contributed by atoms with Gasteiger partial charge in [0.1, 0.15) is 5.03 Å². The number of hydrogen-bond acceptors (Lipinski definition) is 5. The highest BCUT2D eigenvalue weighted by Crippen LogP contribution is 2.37. The second-order valence-corrected chi connectivity index (χ2v) is 5.59. The van der Waals surface area contributed by atoms with E-state index in [2.05, 4.69) is 15.2 Å². The second-order valence-electron chi connectivity index (χ2n) is 4.60. The summed E-state index contributed by atoms with van der Waals surface area (Å²) in [6.45, 7) is 1.64. The number of nitrogens with zero attached hydrogens (tertiary/aromatic N) is 3. The molecule has 0 bridgehead atoms. The molecule has 2 aromatic heterocycles. The van der Waals surface area contributed by atoms with Gasteiger partial charge in [0, 0.05) is 6.04 Å². The van der Waals surface area contributed by atoms with Crippen LogP contribution in [0, 0.1) is 6.92 Å². The van der Waals surface area contributed by atoms with Crippen LogP contribution >= 0.6 is 11.8 Å². The molecule has 20 heavy (non-hydrogen) atoms. The fraction of sp³-hybridized carbons (Fsp3) is 0.333. The predicted octanol–water partition coefficient (Wildman–Crippen LogP) is 1.46. The predicted molar refractivity (Wildman–Crippen MR) is 71.2 cm³/mol. The fourth-order valence-electron chi connectivity index (χ4n) is 1.93. The van der Waals surface area contributed by atoms with Crippen LogP contribution < -0.4 is 5.69 Å². The van der Waals surface area contributed by atoms with Crippen molar-refractivity contribution in [1.29, 1.82) is 0 Å². The number of aromatic carboxylic acids is 1. The molecule has 104 valence electrons. The largest absolute Gasteiger partial charge is 0.478 e. The van der Waals surface area contributed by atoms with Crippen LogP contribution in [0.2, 0.25) is 0 Å². The highest BCUT2D eigenvalue weighted by molar-refractivity contribution is 7.99. The monoisotopic (exact) mass is 292 g/mol. The second kappa shape index (κ2) is 4.78. The summed E-state index contributed by atoms with van der Waals surface area (Å²) in [7, 11) is 0. The highest BCUT2D eigenvalue weighted by Gasteiger charge is 2.28. The maximum atomic E-state index is 11.7. The van der Waals surface area contributed by atoms with Crippen LogP contribution in [0.3, 0.4) is 0 Å². The van der Waals surface area contributed by atoms with Crippen LogP contribution in [0.1, 0.15) is 34.9 Å². The molecule has 0 aliphatic heterocycles. The average Bonchev–Trinajstić information content (AvgIpc) is 3.15. The number of aromatic amines is 1. The van der Waals surface area contributed by atoms with E-state index in [0.29, 0.717) is 15.9 Å². The zero-order valence-corrected chi connectivity index (χ0v) is 11.5. The number of nitrogens with one attached hydrogen (secondary N) is 1. The number of aryl methyl sites for hydroxylation is 1. The first-order valence-electron chi connectivity index (χ1n) is 6.12. The molecule has 2 aromatic rings. The van der Waals surface area contributed by atoms with Crippen molar-refractivity contribution >= 4 is 17.7 Å². The molecule has 1 aliphatic rings. The third kappa shape index (κ3) is 2.34. The van der Waals surface area contributed by atoms with Gasteiger partial charge in [-0.1, -0.05) is 0 Å². The number of carboxylic acids is 1. The third-order valence-electron chi connectivity index (χ3n) is 3.07. The highest BCUT2D eigenvalue weighted by atomic mass is 32.2. The summed E-state index contributed by atoms with van der Waals surface area (Å²) in [4.78, 5) is 26.8. The molecule has 0 saturated heterocycles. The Kier molecular flexibility index (Phi) is 3.09. The standard InChI is InChI=1S/C12H12N4O3S/c1-6-8(10(17)18)4-5-9(13-6)20-12-15-14-11(19)16(12)7-2-3-7/h4-5,7H,2-3H2,1H3,(H,14,19)(H,17,18). The number of hydrogen-bond donors (Lipinski definition) is 2. The van der Waals surface area contributed by atoms with E-state index in [9.17, 15) is 9.59 Å². The summed E-state index contributed by atoms with van der Waals surface area (Å²) in [5, 5.41) is 16.6. The molecule has 1 aliphatic carbocycles. The van der Waals surface area contributed by atoms with Crippen LogP contribution in [-0.4, -0.2) is 30.8 Å². The first-order valence-corrected chi connectivity index (χ1v) is 6.93. The lowest BCUT2D eigenvalue weighted by molar-refractivity contribution is 0.0695. The fourth-order valence-corrected chi connectivity index (χ4v) is 2.86. The van der Waals surface area contributed by atoms with Gasteiger partial charge < -0.3 is 5.11 Å². The lowest BCUT2D eigenvalue weighted by Crippen LogP contribution is -2.16. The molecule has 8 heteroatoms. The number of carbonyl (C=O) groups is 1. The van der Waals surface area contributed by atoms with Crippen LogP contribution in [0.25, 0.3) is 0 Å². The van der Waals surface area contributed by atoms with E-state index in [1.807, 2.05) is 0 Å². The minimum absolute atomic E-state index is 0.177. The van der Waals surface area contributed by atoms with Crippen molar-refractivity contribution in [2.45, 2.75) is 36.0 Å². The Labute approximate surface area is 118 Å². The Morgan fingerprint density at radius 2 is 2.25 bits per heavy atom. The van der Waals surface area contributed by atoms with Gasteiger partial charge in [0.15, 0.2) is 5.16 Å². The minimum Gasteiger partial charge on any atom is -0.478 e. The van der Waals surface area contributed by atoms with Gasteiger partial charge in [0.05, 0.1) is 11.3 Å². The molecule has 2 heterocycles. The Balaban J connectivity index is 1.90. The van der Waals surface area contributed by atoms with Crippen LogP contribution in [0.5, 0.6) is 0 Å². The molecule has 0 radical (unpaired) electrons. The molecule has 0 spiro atoms. The number of rotatable bonds is 4. The van der Waals surface area contributed by atoms with E-state index in [-0.39, 0.29) is 17.3 Å². The van der Waals surface area contributed by atoms with Crippen LogP contribution in [0.4, 0.5) is 0 Å². The maximum absolute atomic E-state index is 11.7. The van der Waals surface area contributed by atoms with Crippen molar-refractivity contribution in [3.05, 3.63) is 33.9 Å². The maximum Gasteiger partial charge on any atom is 0.344 e. The van der Waals surface area contributed by atoms with E-state index in [0.717, 1.165) is 12.8 Å². The molecular weight excluding hydrogens is 280 g/mol. The van der Waals surface area contributed by atoms with Crippen molar-refractivity contribution in [3.63, 3.8) is 0 Å². The Bertz CT molecular complexity index is 733. The van der Waals surface area contributed by atoms with Gasteiger partial charge in [-0.05, 0) is 43.7 Å². The van der Waals surface area contributed by atoms with E-state index in [1.54, 1.807) is 17.6 Å². The van der Waals surface area contributed by atoms with Gasteiger partial charge in [-0.25, -0.2) is 19.7 Å². The lowest BCUT2D eigenvalue weighted by Gasteiger charge is -2.05. The van der Waals surface area contributed by atoms with Crippen LogP contribution in [-0.2, 0) is 0 Å². The van der Waals surface area contributed by atoms with E-state index in [4.69, 9.17) is 5.11 Å². The van der Waals surface area contributed by atoms with Gasteiger partial charge in [-0.15, -0.1) is 5.10 Å². The lowest BCUT2D eigenvalue weighted by atomic mass is 10.2. The van der Waals surface area contributed by atoms with E-state index >= 15 is 0 Å². The first-order chi connectivity index (χ1) is 9.56. The average molecular weight is 292 g/mol. The molecule has 0 unspecified atom stereocenters. The normalized spacial score (nSPS) is 14.4. The summed E-state index contributed by atoms with van der Waals surface area (Å²) >= 11 is 1.25. The smallest absolute Gasteiger partial charge is 0.344 e. The summed E-state index contributed by atoms with van der Waals surface area (Å²) in [6, 6.07) is 3.36. The van der Waals surface area contributed by atoms with Gasteiger partial charge >= 0.3 is 11.7 Å². The summed E-state index contributed by atoms with van der Waals surface area (Å²) in [5.74, 6) is -0.999. The van der Waals surface area contributed by atoms with Gasteiger partial charge in [0.25, 0.3) is 0 Å². The number of pyridine rings is 1. The van der Waals surface area contributed by atoms with Gasteiger partial charge in [-0.3, -0.25) is 4.57 Å². The van der Waals surface area contributed by atoms with Gasteiger partial charge in [0.2, 0.25) is 0 Å². The SMILES string of the molecule is Cc1nc(Sc2n[nH]c(=O)n2C2CC2)ccc1C(=O)O. The molecular formula is C12H12N4O3S. The molecule has 0 atom stereocenters. The summed E-state index contributed by atoms with van der Waals surface area (Å²) in [5.41, 5.74) is 0.406. The molecule has 1 fully saturated rings. The molecule has 0 amide bonds. The van der Waals surface area contributed by atoms with Crippen molar-refractivity contribution in [3.8, 4) is 0 Å². The number of carboxylic acid groups (broad SMARTS) is 1. The number of aromatic nitrogens is 4. The van der Waals surface area contributed by atoms with Crippen molar-refractivity contribution in [1.82, 2.24) is 19.7 Å². The van der Waals surface area contributed by atoms with Crippen molar-refractivity contribution in [2.24, 2.45) is 0 Å².